The molecule has 10 heteroatoms. The first-order chi connectivity index (χ1) is 13.0. The number of fused-ring (bicyclic) bond motifs is 1. The van der Waals surface area contributed by atoms with Gasteiger partial charge in [-0.3, -0.25) is 14.2 Å². The van der Waals surface area contributed by atoms with Gasteiger partial charge in [-0.15, -0.1) is 0 Å². The molecule has 2 aromatic heterocycles. The average molecular weight is 374 g/mol. The van der Waals surface area contributed by atoms with Crippen LogP contribution in [0.1, 0.15) is 30.7 Å². The Hall–Kier alpha value is -2.91. The molecule has 0 saturated carbocycles. The lowest BCUT2D eigenvalue weighted by Crippen LogP contribution is -2.38. The van der Waals surface area contributed by atoms with Gasteiger partial charge in [0.05, 0.1) is 24.5 Å². The number of nitrogens with one attached hydrogen (secondary N) is 1. The Kier molecular flexibility index (Phi) is 6.05. The maximum Gasteiger partial charge on any atom is 0.319 e. The molecule has 1 aliphatic heterocycles. The third kappa shape index (κ3) is 5.05. The normalized spacial score (nSPS) is 13.8. The summed E-state index contributed by atoms with van der Waals surface area (Å²) in [6, 6.07) is 1.98. The highest BCUT2D eigenvalue weighted by atomic mass is 16.2. The summed E-state index contributed by atoms with van der Waals surface area (Å²) < 4.78 is 3.65. The molecule has 1 aliphatic rings. The molecule has 3 amide bonds. The molecule has 146 valence electrons. The Labute approximate surface area is 158 Å². The van der Waals surface area contributed by atoms with Crippen LogP contribution >= 0.6 is 0 Å². The lowest BCUT2D eigenvalue weighted by Gasteiger charge is -2.23. The van der Waals surface area contributed by atoms with Gasteiger partial charge >= 0.3 is 6.03 Å². The number of hydrogen-bond acceptors (Lipinski definition) is 5. The lowest BCUT2D eigenvalue weighted by molar-refractivity contribution is -0.121. The largest absolute Gasteiger partial charge is 0.350 e. The number of urea groups is 1. The lowest BCUT2D eigenvalue weighted by atomic mass is 10.3. The third-order valence-electron chi connectivity index (χ3n) is 4.44. The minimum absolute atomic E-state index is 0.00637. The zero-order chi connectivity index (χ0) is 19.2. The summed E-state index contributed by atoms with van der Waals surface area (Å²) in [6.45, 7) is 3.10. The SMILES string of the molecule is CN(C)C(=O)N1CCCn2nc(CNC(=O)CCCn3cncn3)cc2C1. The topological polar surface area (TPSA) is 101 Å². The molecule has 0 atom stereocenters. The van der Waals surface area contributed by atoms with Gasteiger partial charge in [0, 0.05) is 40.2 Å². The molecule has 0 aliphatic carbocycles. The fraction of sp³-hybridized carbons (Fsp3) is 0.588. The van der Waals surface area contributed by atoms with E-state index < -0.39 is 0 Å². The van der Waals surface area contributed by atoms with Crippen LogP contribution in [-0.4, -0.2) is 66.9 Å². The molecule has 0 fully saturated rings. The average Bonchev–Trinajstić information content (AvgIpc) is 3.25. The molecule has 2 aromatic rings. The number of hydrogen-bond donors (Lipinski definition) is 1. The van der Waals surface area contributed by atoms with E-state index in [4.69, 9.17) is 0 Å². The molecular formula is C17H26N8O2. The van der Waals surface area contributed by atoms with Crippen molar-refractivity contribution in [1.29, 1.82) is 0 Å². The monoisotopic (exact) mass is 374 g/mol. The summed E-state index contributed by atoms with van der Waals surface area (Å²) in [5, 5.41) is 11.5. The molecule has 0 aromatic carbocycles. The van der Waals surface area contributed by atoms with E-state index in [0.717, 1.165) is 30.9 Å². The number of carbonyl (C=O) groups is 2. The van der Waals surface area contributed by atoms with Crippen LogP contribution < -0.4 is 5.32 Å². The Morgan fingerprint density at radius 2 is 2.15 bits per heavy atom. The first kappa shape index (κ1) is 18.9. The van der Waals surface area contributed by atoms with Crippen molar-refractivity contribution in [3.05, 3.63) is 30.1 Å². The first-order valence-electron chi connectivity index (χ1n) is 9.14. The van der Waals surface area contributed by atoms with Crippen LogP contribution in [0.25, 0.3) is 0 Å². The Morgan fingerprint density at radius 1 is 1.30 bits per heavy atom. The van der Waals surface area contributed by atoms with Gasteiger partial charge in [0.15, 0.2) is 0 Å². The third-order valence-corrected chi connectivity index (χ3v) is 4.44. The quantitative estimate of drug-likeness (QED) is 0.791. The van der Waals surface area contributed by atoms with Crippen molar-refractivity contribution in [3.8, 4) is 0 Å². The van der Waals surface area contributed by atoms with Crippen LogP contribution in [0.3, 0.4) is 0 Å². The number of aromatic nitrogens is 5. The number of carbonyl (C=O) groups excluding carboxylic acids is 2. The van der Waals surface area contributed by atoms with E-state index in [1.54, 1.807) is 30.0 Å². The van der Waals surface area contributed by atoms with E-state index in [9.17, 15) is 9.59 Å². The maximum absolute atomic E-state index is 12.2. The Balaban J connectivity index is 1.48. The molecule has 0 radical (unpaired) electrons. The van der Waals surface area contributed by atoms with Crippen molar-refractivity contribution in [2.24, 2.45) is 0 Å². The molecule has 10 nitrogen and oxygen atoms in total. The van der Waals surface area contributed by atoms with E-state index in [0.29, 0.717) is 32.5 Å². The van der Waals surface area contributed by atoms with Crippen LogP contribution in [0.4, 0.5) is 4.79 Å². The second-order valence-electron chi connectivity index (χ2n) is 6.84. The number of rotatable bonds is 6. The Morgan fingerprint density at radius 3 is 2.89 bits per heavy atom. The molecule has 27 heavy (non-hydrogen) atoms. The van der Waals surface area contributed by atoms with Crippen molar-refractivity contribution >= 4 is 11.9 Å². The second kappa shape index (κ2) is 8.65. The van der Waals surface area contributed by atoms with Crippen LogP contribution in [0, 0.1) is 0 Å². The van der Waals surface area contributed by atoms with Crippen LogP contribution in [0.15, 0.2) is 18.7 Å². The fourth-order valence-corrected chi connectivity index (χ4v) is 3.08. The van der Waals surface area contributed by atoms with Gasteiger partial charge < -0.3 is 15.1 Å². The summed E-state index contributed by atoms with van der Waals surface area (Å²) in [6.07, 6.45) is 5.12. The minimum atomic E-state index is -0.0114. The van der Waals surface area contributed by atoms with Crippen LogP contribution in [-0.2, 0) is 31.0 Å². The molecular weight excluding hydrogens is 348 g/mol. The van der Waals surface area contributed by atoms with Gasteiger partial charge in [0.2, 0.25) is 5.91 Å². The van der Waals surface area contributed by atoms with Gasteiger partial charge in [-0.25, -0.2) is 9.78 Å². The predicted molar refractivity (Wildman–Crippen MR) is 97.4 cm³/mol. The zero-order valence-electron chi connectivity index (χ0n) is 15.8. The van der Waals surface area contributed by atoms with Crippen molar-refractivity contribution in [3.63, 3.8) is 0 Å². The van der Waals surface area contributed by atoms with Crippen molar-refractivity contribution in [2.45, 2.75) is 45.4 Å². The summed E-state index contributed by atoms with van der Waals surface area (Å²) >= 11 is 0. The molecule has 3 heterocycles. The highest BCUT2D eigenvalue weighted by Crippen LogP contribution is 2.15. The van der Waals surface area contributed by atoms with E-state index in [2.05, 4.69) is 20.5 Å². The van der Waals surface area contributed by atoms with Gasteiger partial charge in [0.1, 0.15) is 12.7 Å². The smallest absolute Gasteiger partial charge is 0.319 e. The van der Waals surface area contributed by atoms with E-state index in [-0.39, 0.29) is 11.9 Å². The molecule has 0 saturated heterocycles. The fourth-order valence-electron chi connectivity index (χ4n) is 3.08. The van der Waals surface area contributed by atoms with Gasteiger partial charge in [-0.2, -0.15) is 10.2 Å². The first-order valence-corrected chi connectivity index (χ1v) is 9.14. The number of aryl methyl sites for hydroxylation is 2. The molecule has 0 bridgehead atoms. The Bertz CT molecular complexity index is 768. The predicted octanol–water partition coefficient (Wildman–Crippen LogP) is 0.459. The van der Waals surface area contributed by atoms with Gasteiger partial charge in [-0.1, -0.05) is 0 Å². The summed E-state index contributed by atoms with van der Waals surface area (Å²) in [7, 11) is 3.52. The highest BCUT2D eigenvalue weighted by Gasteiger charge is 2.21. The molecule has 1 N–H and O–H groups in total. The van der Waals surface area contributed by atoms with E-state index in [1.807, 2.05) is 15.6 Å². The molecule has 0 unspecified atom stereocenters. The van der Waals surface area contributed by atoms with Gasteiger partial charge in [0.25, 0.3) is 0 Å². The van der Waals surface area contributed by atoms with Crippen LogP contribution in [0.5, 0.6) is 0 Å². The molecule has 3 rings (SSSR count). The highest BCUT2D eigenvalue weighted by molar-refractivity contribution is 5.75. The van der Waals surface area contributed by atoms with Crippen molar-refractivity contribution in [1.82, 2.24) is 39.7 Å². The number of amides is 3. The zero-order valence-corrected chi connectivity index (χ0v) is 15.8. The summed E-state index contributed by atoms with van der Waals surface area (Å²) in [5.41, 5.74) is 1.81. The maximum atomic E-state index is 12.2. The standard InChI is InChI=1S/C17H26N8O2/c1-22(2)17(27)23-6-4-8-25-15(11-23)9-14(21-25)10-19-16(26)5-3-7-24-13-18-12-20-24/h9,12-13H,3-8,10-11H2,1-2H3,(H,19,26). The summed E-state index contributed by atoms with van der Waals surface area (Å²) in [5.74, 6) is -0.0114. The van der Waals surface area contributed by atoms with Gasteiger partial charge in [-0.05, 0) is 18.9 Å². The van der Waals surface area contributed by atoms with E-state index in [1.165, 1.54) is 6.33 Å². The van der Waals surface area contributed by atoms with Crippen molar-refractivity contribution in [2.75, 3.05) is 20.6 Å². The summed E-state index contributed by atoms with van der Waals surface area (Å²) in [4.78, 5) is 31.5. The molecule has 0 spiro atoms. The van der Waals surface area contributed by atoms with Crippen molar-refractivity contribution < 1.29 is 9.59 Å². The van der Waals surface area contributed by atoms with E-state index >= 15 is 0 Å². The number of nitrogens with zero attached hydrogens (tertiary/aromatic N) is 7. The van der Waals surface area contributed by atoms with Crippen LogP contribution in [0.2, 0.25) is 0 Å². The minimum Gasteiger partial charge on any atom is -0.350 e. The second-order valence-corrected chi connectivity index (χ2v) is 6.84.